The standard InChI is InChI=1S/C19H12ClN5O/c20-17-9-15(6-5-13(17)10-21)25-11-14(23-24-25)12-26-19-7-8-22-18-4-2-1-3-16(18)19/h1-9,11H,12H2. The second-order valence-corrected chi connectivity index (χ2v) is 5.95. The van der Waals surface area contributed by atoms with Crippen molar-refractivity contribution in [3.8, 4) is 17.5 Å². The lowest BCUT2D eigenvalue weighted by atomic mass is 10.2. The van der Waals surface area contributed by atoms with E-state index >= 15 is 0 Å². The van der Waals surface area contributed by atoms with Crippen molar-refractivity contribution in [3.63, 3.8) is 0 Å². The zero-order valence-corrected chi connectivity index (χ0v) is 14.3. The normalized spacial score (nSPS) is 10.6. The van der Waals surface area contributed by atoms with E-state index < -0.39 is 0 Å². The molecule has 0 atom stereocenters. The van der Waals surface area contributed by atoms with Gasteiger partial charge in [0.25, 0.3) is 0 Å². The quantitative estimate of drug-likeness (QED) is 0.550. The fourth-order valence-corrected chi connectivity index (χ4v) is 2.79. The van der Waals surface area contributed by atoms with Gasteiger partial charge in [0.1, 0.15) is 24.1 Å². The van der Waals surface area contributed by atoms with Crippen LogP contribution in [0.3, 0.4) is 0 Å². The third-order valence-electron chi connectivity index (χ3n) is 3.86. The highest BCUT2D eigenvalue weighted by Gasteiger charge is 2.08. The van der Waals surface area contributed by atoms with E-state index in [0.717, 1.165) is 22.3 Å². The van der Waals surface area contributed by atoms with Gasteiger partial charge in [-0.05, 0) is 36.4 Å². The summed E-state index contributed by atoms with van der Waals surface area (Å²) in [5.41, 5.74) is 2.69. The molecule has 0 saturated heterocycles. The Morgan fingerprint density at radius 2 is 2.04 bits per heavy atom. The van der Waals surface area contributed by atoms with Crippen molar-refractivity contribution in [1.82, 2.24) is 20.0 Å². The van der Waals surface area contributed by atoms with Gasteiger partial charge >= 0.3 is 0 Å². The molecule has 0 aliphatic carbocycles. The molecule has 6 nitrogen and oxygen atoms in total. The molecule has 0 N–H and O–H groups in total. The lowest BCUT2D eigenvalue weighted by Crippen LogP contribution is -1.97. The maximum atomic E-state index is 8.95. The van der Waals surface area contributed by atoms with Gasteiger partial charge in [-0.1, -0.05) is 28.9 Å². The maximum Gasteiger partial charge on any atom is 0.134 e. The van der Waals surface area contributed by atoms with E-state index in [1.807, 2.05) is 36.4 Å². The highest BCUT2D eigenvalue weighted by Crippen LogP contribution is 2.24. The molecule has 2 aromatic heterocycles. The van der Waals surface area contributed by atoms with Crippen molar-refractivity contribution in [2.75, 3.05) is 0 Å². The van der Waals surface area contributed by atoms with E-state index in [1.54, 1.807) is 35.3 Å². The Morgan fingerprint density at radius 3 is 2.88 bits per heavy atom. The van der Waals surface area contributed by atoms with E-state index in [-0.39, 0.29) is 6.61 Å². The van der Waals surface area contributed by atoms with Crippen LogP contribution in [0, 0.1) is 11.3 Å². The SMILES string of the molecule is N#Cc1ccc(-n2cc(COc3ccnc4ccccc34)nn2)cc1Cl. The van der Waals surface area contributed by atoms with Gasteiger partial charge in [-0.3, -0.25) is 4.98 Å². The van der Waals surface area contributed by atoms with Crippen LogP contribution in [0.1, 0.15) is 11.3 Å². The summed E-state index contributed by atoms with van der Waals surface area (Å²) in [4.78, 5) is 4.32. The molecular formula is C19H12ClN5O. The smallest absolute Gasteiger partial charge is 0.134 e. The summed E-state index contributed by atoms with van der Waals surface area (Å²) in [5, 5.41) is 18.5. The lowest BCUT2D eigenvalue weighted by molar-refractivity contribution is 0.304. The third kappa shape index (κ3) is 3.08. The molecule has 0 aliphatic rings. The second kappa shape index (κ2) is 6.82. The molecule has 4 aromatic rings. The predicted octanol–water partition coefficient (Wildman–Crippen LogP) is 3.92. The van der Waals surface area contributed by atoms with Crippen molar-refractivity contribution in [1.29, 1.82) is 5.26 Å². The Bertz CT molecular complexity index is 1130. The van der Waals surface area contributed by atoms with Crippen LogP contribution in [0.15, 0.2) is 60.9 Å². The number of hydrogen-bond donors (Lipinski definition) is 0. The van der Waals surface area contributed by atoms with Gasteiger partial charge in [0, 0.05) is 11.6 Å². The first kappa shape index (κ1) is 16.1. The van der Waals surface area contributed by atoms with Crippen LogP contribution in [-0.2, 0) is 6.61 Å². The van der Waals surface area contributed by atoms with Crippen LogP contribution in [-0.4, -0.2) is 20.0 Å². The monoisotopic (exact) mass is 361 g/mol. The molecule has 4 rings (SSSR count). The molecule has 2 aromatic carbocycles. The molecule has 0 amide bonds. The number of halogens is 1. The molecule has 26 heavy (non-hydrogen) atoms. The molecule has 0 bridgehead atoms. The van der Waals surface area contributed by atoms with E-state index in [2.05, 4.69) is 15.3 Å². The number of ether oxygens (including phenoxy) is 1. The number of hydrogen-bond acceptors (Lipinski definition) is 5. The van der Waals surface area contributed by atoms with E-state index in [4.69, 9.17) is 21.6 Å². The van der Waals surface area contributed by atoms with E-state index in [9.17, 15) is 0 Å². The van der Waals surface area contributed by atoms with Gasteiger partial charge in [0.2, 0.25) is 0 Å². The number of benzene rings is 2. The average Bonchev–Trinajstić information content (AvgIpc) is 3.15. The van der Waals surface area contributed by atoms with Crippen LogP contribution < -0.4 is 4.74 Å². The Hall–Kier alpha value is -3.43. The highest BCUT2D eigenvalue weighted by molar-refractivity contribution is 6.31. The van der Waals surface area contributed by atoms with Crippen molar-refractivity contribution < 1.29 is 4.74 Å². The summed E-state index contributed by atoms with van der Waals surface area (Å²) in [5.74, 6) is 0.742. The summed E-state index contributed by atoms with van der Waals surface area (Å²) in [6.07, 6.45) is 3.48. The van der Waals surface area contributed by atoms with Gasteiger partial charge < -0.3 is 4.74 Å². The summed E-state index contributed by atoms with van der Waals surface area (Å²) >= 11 is 6.07. The minimum absolute atomic E-state index is 0.276. The number of nitrogens with zero attached hydrogens (tertiary/aromatic N) is 5. The molecule has 0 spiro atoms. The second-order valence-electron chi connectivity index (χ2n) is 5.55. The van der Waals surface area contributed by atoms with Crippen LogP contribution >= 0.6 is 11.6 Å². The predicted molar refractivity (Wildman–Crippen MR) is 97.2 cm³/mol. The molecule has 0 saturated carbocycles. The fraction of sp³-hybridized carbons (Fsp3) is 0.0526. The first-order valence-corrected chi connectivity index (χ1v) is 8.20. The van der Waals surface area contributed by atoms with Gasteiger partial charge in [0.05, 0.1) is 28.0 Å². The Balaban J connectivity index is 1.54. The minimum atomic E-state index is 0.276. The molecule has 126 valence electrons. The van der Waals surface area contributed by atoms with Crippen molar-refractivity contribution >= 4 is 22.5 Å². The molecule has 0 radical (unpaired) electrons. The van der Waals surface area contributed by atoms with Crippen molar-refractivity contribution in [2.24, 2.45) is 0 Å². The summed E-state index contributed by atoms with van der Waals surface area (Å²) in [6.45, 7) is 0.276. The number of fused-ring (bicyclic) bond motifs is 1. The van der Waals surface area contributed by atoms with Crippen LogP contribution in [0.2, 0.25) is 5.02 Å². The summed E-state index contributed by atoms with van der Waals surface area (Å²) in [6, 6.07) is 16.7. The van der Waals surface area contributed by atoms with Crippen LogP contribution in [0.25, 0.3) is 16.6 Å². The molecule has 2 heterocycles. The van der Waals surface area contributed by atoms with Crippen molar-refractivity contribution in [3.05, 3.63) is 77.2 Å². The fourth-order valence-electron chi connectivity index (χ4n) is 2.58. The summed E-state index contributed by atoms with van der Waals surface area (Å²) in [7, 11) is 0. The van der Waals surface area contributed by atoms with E-state index in [0.29, 0.717) is 16.3 Å². The minimum Gasteiger partial charge on any atom is -0.486 e. The van der Waals surface area contributed by atoms with E-state index in [1.165, 1.54) is 0 Å². The Morgan fingerprint density at radius 1 is 1.15 bits per heavy atom. The number of para-hydroxylation sites is 1. The molecule has 7 heteroatoms. The number of nitriles is 1. The first-order valence-electron chi connectivity index (χ1n) is 7.82. The zero-order valence-electron chi connectivity index (χ0n) is 13.5. The Labute approximate surface area is 154 Å². The number of pyridine rings is 1. The Kier molecular flexibility index (Phi) is 4.22. The average molecular weight is 362 g/mol. The largest absolute Gasteiger partial charge is 0.486 e. The number of rotatable bonds is 4. The van der Waals surface area contributed by atoms with Crippen LogP contribution in [0.5, 0.6) is 5.75 Å². The third-order valence-corrected chi connectivity index (χ3v) is 4.18. The van der Waals surface area contributed by atoms with Crippen molar-refractivity contribution in [2.45, 2.75) is 6.61 Å². The lowest BCUT2D eigenvalue weighted by Gasteiger charge is -2.07. The topological polar surface area (TPSA) is 76.6 Å². The molecular weight excluding hydrogens is 350 g/mol. The van der Waals surface area contributed by atoms with Gasteiger partial charge in [-0.25, -0.2) is 4.68 Å². The first-order chi connectivity index (χ1) is 12.7. The maximum absolute atomic E-state index is 8.95. The van der Waals surface area contributed by atoms with Crippen LogP contribution in [0.4, 0.5) is 0 Å². The molecule has 0 aliphatic heterocycles. The number of aromatic nitrogens is 4. The molecule has 0 fully saturated rings. The highest BCUT2D eigenvalue weighted by atomic mass is 35.5. The van der Waals surface area contributed by atoms with Gasteiger partial charge in [-0.2, -0.15) is 5.26 Å². The molecule has 0 unspecified atom stereocenters. The van der Waals surface area contributed by atoms with Gasteiger partial charge in [0.15, 0.2) is 0 Å². The summed E-state index contributed by atoms with van der Waals surface area (Å²) < 4.78 is 7.48. The van der Waals surface area contributed by atoms with Gasteiger partial charge in [-0.15, -0.1) is 5.10 Å². The zero-order chi connectivity index (χ0) is 17.9.